The molecule has 1 atom stereocenters. The summed E-state index contributed by atoms with van der Waals surface area (Å²) in [6.07, 6.45) is 0. The van der Waals surface area contributed by atoms with Gasteiger partial charge in [-0.15, -0.1) is 11.8 Å². The highest BCUT2D eigenvalue weighted by atomic mass is 32.2. The van der Waals surface area contributed by atoms with Gasteiger partial charge in [-0.3, -0.25) is 9.59 Å². The first kappa shape index (κ1) is 17.8. The van der Waals surface area contributed by atoms with Crippen LogP contribution in [0.5, 0.6) is 0 Å². The Labute approximate surface area is 131 Å². The van der Waals surface area contributed by atoms with Crippen molar-refractivity contribution in [2.45, 2.75) is 51.5 Å². The quantitative estimate of drug-likeness (QED) is 0.782. The minimum Gasteiger partial charge on any atom is -0.345 e. The van der Waals surface area contributed by atoms with Crippen LogP contribution in [0.25, 0.3) is 0 Å². The van der Waals surface area contributed by atoms with Crippen molar-refractivity contribution in [2.75, 3.05) is 5.75 Å². The van der Waals surface area contributed by atoms with Crippen LogP contribution in [0.15, 0.2) is 29.2 Å². The molecule has 116 valence electrons. The van der Waals surface area contributed by atoms with E-state index in [2.05, 4.69) is 31.3 Å². The van der Waals surface area contributed by atoms with Gasteiger partial charge in [-0.25, -0.2) is 0 Å². The largest absolute Gasteiger partial charge is 0.345 e. The molecule has 1 aromatic rings. The first-order valence-corrected chi connectivity index (χ1v) is 8.32. The maximum Gasteiger partial charge on any atom is 0.230 e. The second-order valence-corrected chi connectivity index (χ2v) is 6.96. The van der Waals surface area contributed by atoms with Crippen molar-refractivity contribution in [3.8, 4) is 0 Å². The van der Waals surface area contributed by atoms with E-state index in [1.165, 1.54) is 24.2 Å². The number of thioether (sulfide) groups is 1. The molecule has 0 radical (unpaired) electrons. The van der Waals surface area contributed by atoms with Gasteiger partial charge in [0.2, 0.25) is 5.91 Å². The van der Waals surface area contributed by atoms with Gasteiger partial charge in [0.25, 0.3) is 0 Å². The molecule has 0 heterocycles. The predicted molar refractivity (Wildman–Crippen MR) is 88.7 cm³/mol. The van der Waals surface area contributed by atoms with Crippen LogP contribution in [0, 0.1) is 5.92 Å². The summed E-state index contributed by atoms with van der Waals surface area (Å²) < 4.78 is 0. The van der Waals surface area contributed by atoms with Crippen molar-refractivity contribution in [3.05, 3.63) is 29.8 Å². The maximum atomic E-state index is 11.9. The van der Waals surface area contributed by atoms with E-state index in [-0.39, 0.29) is 23.7 Å². The van der Waals surface area contributed by atoms with Crippen LogP contribution in [-0.4, -0.2) is 23.5 Å². The van der Waals surface area contributed by atoms with Crippen molar-refractivity contribution in [1.29, 1.82) is 0 Å². The van der Waals surface area contributed by atoms with Crippen molar-refractivity contribution in [2.24, 2.45) is 5.92 Å². The molecule has 0 aliphatic carbocycles. The lowest BCUT2D eigenvalue weighted by Crippen LogP contribution is -2.44. The zero-order valence-corrected chi connectivity index (χ0v) is 14.3. The van der Waals surface area contributed by atoms with Gasteiger partial charge in [0.15, 0.2) is 5.78 Å². The molecule has 4 heteroatoms. The Morgan fingerprint density at radius 2 is 1.67 bits per heavy atom. The van der Waals surface area contributed by atoms with Gasteiger partial charge >= 0.3 is 0 Å². The summed E-state index contributed by atoms with van der Waals surface area (Å²) in [5, 5.41) is 2.81. The van der Waals surface area contributed by atoms with E-state index in [1.54, 1.807) is 0 Å². The van der Waals surface area contributed by atoms with Crippen LogP contribution in [-0.2, 0) is 9.59 Å². The molecule has 0 spiro atoms. The fourth-order valence-electron chi connectivity index (χ4n) is 2.05. The molecular weight excluding hydrogens is 282 g/mol. The fraction of sp³-hybridized carbons (Fsp3) is 0.529. The smallest absolute Gasteiger partial charge is 0.230 e. The van der Waals surface area contributed by atoms with Crippen LogP contribution in [0.1, 0.15) is 46.1 Å². The Balaban J connectivity index is 2.51. The molecule has 0 aliphatic rings. The van der Waals surface area contributed by atoms with Gasteiger partial charge in [0, 0.05) is 4.90 Å². The number of Topliss-reactive ketones (excluding diaryl/α,β-unsaturated/α-hetero) is 1. The van der Waals surface area contributed by atoms with E-state index in [0.29, 0.717) is 11.7 Å². The monoisotopic (exact) mass is 307 g/mol. The zero-order valence-electron chi connectivity index (χ0n) is 13.5. The third-order valence-corrected chi connectivity index (χ3v) is 4.35. The Bertz CT molecular complexity index is 480. The second kappa shape index (κ2) is 8.23. The van der Waals surface area contributed by atoms with Crippen LogP contribution in [0.2, 0.25) is 0 Å². The molecule has 1 amide bonds. The standard InChI is InChI=1S/C17H25NO2S/c1-11(2)14-6-8-15(9-7-14)21-10-16(20)18-17(12(3)4)13(5)19/h6-9,11-12,17H,10H2,1-5H3,(H,18,20). The molecule has 21 heavy (non-hydrogen) atoms. The number of nitrogens with one attached hydrogen (secondary N) is 1. The maximum absolute atomic E-state index is 11.9. The number of ketones is 1. The van der Waals surface area contributed by atoms with Crippen molar-refractivity contribution in [3.63, 3.8) is 0 Å². The number of amides is 1. The van der Waals surface area contributed by atoms with E-state index in [4.69, 9.17) is 0 Å². The first-order valence-electron chi connectivity index (χ1n) is 7.33. The van der Waals surface area contributed by atoms with Crippen LogP contribution in [0.4, 0.5) is 0 Å². The van der Waals surface area contributed by atoms with E-state index < -0.39 is 0 Å². The minimum atomic E-state index is -0.388. The van der Waals surface area contributed by atoms with Crippen LogP contribution < -0.4 is 5.32 Å². The molecular formula is C17H25NO2S. The van der Waals surface area contributed by atoms with Crippen molar-refractivity contribution >= 4 is 23.5 Å². The number of benzene rings is 1. The SMILES string of the molecule is CC(=O)C(NC(=O)CSc1ccc(C(C)C)cc1)C(C)C. The third kappa shape index (κ3) is 5.92. The van der Waals surface area contributed by atoms with Crippen LogP contribution in [0.3, 0.4) is 0 Å². The van der Waals surface area contributed by atoms with E-state index in [9.17, 15) is 9.59 Å². The van der Waals surface area contributed by atoms with Gasteiger partial charge in [-0.05, 0) is 36.5 Å². The van der Waals surface area contributed by atoms with Crippen molar-refractivity contribution < 1.29 is 9.59 Å². The van der Waals surface area contributed by atoms with Crippen LogP contribution >= 0.6 is 11.8 Å². The van der Waals surface area contributed by atoms with Gasteiger partial charge in [0.1, 0.15) is 0 Å². The van der Waals surface area contributed by atoms with E-state index in [0.717, 1.165) is 4.90 Å². The Morgan fingerprint density at radius 3 is 2.10 bits per heavy atom. The molecule has 0 saturated carbocycles. The lowest BCUT2D eigenvalue weighted by molar-refractivity contribution is -0.126. The summed E-state index contributed by atoms with van der Waals surface area (Å²) >= 11 is 1.49. The van der Waals surface area contributed by atoms with Gasteiger partial charge < -0.3 is 5.32 Å². The van der Waals surface area contributed by atoms with E-state index in [1.807, 2.05) is 26.0 Å². The molecule has 1 aromatic carbocycles. The van der Waals surface area contributed by atoms with Gasteiger partial charge in [0.05, 0.1) is 11.8 Å². The lowest BCUT2D eigenvalue weighted by atomic mass is 10.0. The highest BCUT2D eigenvalue weighted by molar-refractivity contribution is 8.00. The molecule has 1 unspecified atom stereocenters. The average Bonchev–Trinajstić information content (AvgIpc) is 2.42. The average molecular weight is 307 g/mol. The predicted octanol–water partition coefficient (Wildman–Crippen LogP) is 3.63. The van der Waals surface area contributed by atoms with Crippen molar-refractivity contribution in [1.82, 2.24) is 5.32 Å². The second-order valence-electron chi connectivity index (χ2n) is 5.91. The Kier molecular flexibility index (Phi) is 6.96. The summed E-state index contributed by atoms with van der Waals surface area (Å²) in [4.78, 5) is 24.5. The minimum absolute atomic E-state index is 0.00429. The van der Waals surface area contributed by atoms with Gasteiger partial charge in [-0.1, -0.05) is 39.8 Å². The number of hydrogen-bond donors (Lipinski definition) is 1. The summed E-state index contributed by atoms with van der Waals surface area (Å²) in [6.45, 7) is 9.70. The summed E-state index contributed by atoms with van der Waals surface area (Å²) in [7, 11) is 0. The normalized spacial score (nSPS) is 12.5. The summed E-state index contributed by atoms with van der Waals surface area (Å²) in [6, 6.07) is 7.88. The molecule has 3 nitrogen and oxygen atoms in total. The molecule has 0 bridgehead atoms. The Morgan fingerprint density at radius 1 is 1.10 bits per heavy atom. The number of hydrogen-bond acceptors (Lipinski definition) is 3. The lowest BCUT2D eigenvalue weighted by Gasteiger charge is -2.19. The molecule has 0 aliphatic heterocycles. The molecule has 0 aromatic heterocycles. The Hall–Kier alpha value is -1.29. The molecule has 1 rings (SSSR count). The topological polar surface area (TPSA) is 46.2 Å². The number of carbonyl (C=O) groups is 2. The highest BCUT2D eigenvalue weighted by Gasteiger charge is 2.20. The van der Waals surface area contributed by atoms with Gasteiger partial charge in [-0.2, -0.15) is 0 Å². The molecule has 0 fully saturated rings. The first-order chi connectivity index (χ1) is 9.81. The third-order valence-electron chi connectivity index (χ3n) is 3.34. The zero-order chi connectivity index (χ0) is 16.0. The summed E-state index contributed by atoms with van der Waals surface area (Å²) in [5.74, 6) is 0.861. The summed E-state index contributed by atoms with van der Waals surface area (Å²) in [5.41, 5.74) is 1.29. The number of carbonyl (C=O) groups excluding carboxylic acids is 2. The highest BCUT2D eigenvalue weighted by Crippen LogP contribution is 2.21. The number of rotatable bonds is 7. The van der Waals surface area contributed by atoms with E-state index >= 15 is 0 Å². The molecule has 0 saturated heterocycles. The fourth-order valence-corrected chi connectivity index (χ4v) is 2.76. The molecule has 1 N–H and O–H groups in total.